The lowest BCUT2D eigenvalue weighted by Gasteiger charge is -2.37. The predicted octanol–water partition coefficient (Wildman–Crippen LogP) is 1.02. The van der Waals surface area contributed by atoms with Crippen LogP contribution in [0.15, 0.2) is 35.4 Å². The molecule has 1 unspecified atom stereocenters. The number of hydrogen-bond donors (Lipinski definition) is 3. The Morgan fingerprint density at radius 2 is 1.72 bits per heavy atom. The molecule has 39 heavy (non-hydrogen) atoms. The van der Waals surface area contributed by atoms with Gasteiger partial charge in [-0.15, -0.1) is 12.4 Å². The largest absolute Gasteiger partial charge is 0.354 e. The molecule has 3 amide bonds. The number of piperidine rings is 1. The number of nitrogens with zero attached hydrogens (tertiary/aromatic N) is 6. The number of nitrogens with one attached hydrogen (secondary N) is 1. The molecule has 1 atom stereocenters. The molecule has 0 spiro atoms. The number of hydrogen-bond acceptors (Lipinski definition) is 8. The molecule has 5 N–H and O–H groups in total. The maximum Gasteiger partial charge on any atom is 0.354 e. The third-order valence-corrected chi connectivity index (χ3v) is 7.29. The van der Waals surface area contributed by atoms with Gasteiger partial charge in [0.25, 0.3) is 0 Å². The first-order chi connectivity index (χ1) is 18.0. The van der Waals surface area contributed by atoms with E-state index in [1.54, 1.807) is 42.1 Å². The molecule has 0 bridgehead atoms. The third kappa shape index (κ3) is 7.75. The van der Waals surface area contributed by atoms with Gasteiger partial charge >= 0.3 is 11.7 Å². The number of rotatable bonds is 6. The maximum atomic E-state index is 12.7. The van der Waals surface area contributed by atoms with Crippen molar-refractivity contribution in [3.63, 3.8) is 0 Å². The molecule has 2 aliphatic heterocycles. The van der Waals surface area contributed by atoms with Gasteiger partial charge in [-0.2, -0.15) is 4.98 Å². The molecule has 0 aliphatic carbocycles. The van der Waals surface area contributed by atoms with Crippen LogP contribution in [0.1, 0.15) is 39.3 Å². The monoisotopic (exact) mass is 561 g/mol. The average molecular weight is 562 g/mol. The van der Waals surface area contributed by atoms with Gasteiger partial charge in [-0.05, 0) is 70.8 Å². The molecule has 2 aliphatic rings. The fraction of sp³-hybridized carbons (Fsp3) is 0.577. The maximum absolute atomic E-state index is 12.7. The number of anilines is 1. The van der Waals surface area contributed by atoms with E-state index in [9.17, 15) is 14.4 Å². The first-order valence-electron chi connectivity index (χ1n) is 13.2. The highest BCUT2D eigenvalue weighted by molar-refractivity contribution is 5.89. The van der Waals surface area contributed by atoms with Crippen LogP contribution in [0.4, 0.5) is 10.6 Å². The van der Waals surface area contributed by atoms with Crippen molar-refractivity contribution in [3.05, 3.63) is 46.8 Å². The lowest BCUT2D eigenvalue weighted by atomic mass is 9.91. The summed E-state index contributed by atoms with van der Waals surface area (Å²) in [6.45, 7) is 9.72. The number of carbonyl (C=O) groups excluding carboxylic acids is 2. The van der Waals surface area contributed by atoms with Crippen LogP contribution in [0.3, 0.4) is 0 Å². The van der Waals surface area contributed by atoms with Gasteiger partial charge in [0.1, 0.15) is 5.82 Å². The molecule has 2 saturated heterocycles. The minimum Gasteiger partial charge on any atom is -0.338 e. The minimum absolute atomic E-state index is 0. The minimum atomic E-state index is -0.949. The fourth-order valence-electron chi connectivity index (χ4n) is 4.90. The van der Waals surface area contributed by atoms with E-state index in [1.807, 2.05) is 12.1 Å². The number of piperazine rings is 1. The highest BCUT2D eigenvalue weighted by atomic mass is 35.5. The van der Waals surface area contributed by atoms with Crippen LogP contribution in [0.25, 0.3) is 5.69 Å². The molecular weight excluding hydrogens is 522 g/mol. The van der Waals surface area contributed by atoms with Crippen molar-refractivity contribution in [2.24, 2.45) is 17.4 Å². The molecule has 12 nitrogen and oxygen atoms in total. The third-order valence-electron chi connectivity index (χ3n) is 7.29. The molecule has 13 heteroatoms. The second kappa shape index (κ2) is 12.9. The second-order valence-electron chi connectivity index (χ2n) is 10.9. The van der Waals surface area contributed by atoms with Gasteiger partial charge in [-0.25, -0.2) is 9.59 Å². The molecule has 4 rings (SSSR count). The molecule has 0 radical (unpaired) electrons. The van der Waals surface area contributed by atoms with Crippen LogP contribution in [0, 0.1) is 5.92 Å². The van der Waals surface area contributed by atoms with E-state index in [2.05, 4.69) is 27.1 Å². The molecule has 0 aromatic carbocycles. The number of urea groups is 1. The smallest absolute Gasteiger partial charge is 0.338 e. The van der Waals surface area contributed by atoms with Crippen molar-refractivity contribution in [3.8, 4) is 5.69 Å². The summed E-state index contributed by atoms with van der Waals surface area (Å²) in [5.41, 5.74) is 12.0. The number of amides is 3. The van der Waals surface area contributed by atoms with E-state index in [0.29, 0.717) is 37.8 Å². The van der Waals surface area contributed by atoms with Crippen molar-refractivity contribution >= 4 is 30.2 Å². The number of aromatic nitrogens is 3. The van der Waals surface area contributed by atoms with Crippen LogP contribution in [0.5, 0.6) is 0 Å². The van der Waals surface area contributed by atoms with E-state index < -0.39 is 11.2 Å². The van der Waals surface area contributed by atoms with Crippen molar-refractivity contribution in [1.82, 2.24) is 29.2 Å². The number of carbonyl (C=O) groups is 2. The Morgan fingerprint density at radius 1 is 1.08 bits per heavy atom. The molecule has 4 heterocycles. The summed E-state index contributed by atoms with van der Waals surface area (Å²) in [4.78, 5) is 51.9. The Morgan fingerprint density at radius 3 is 2.26 bits per heavy atom. The quantitative estimate of drug-likeness (QED) is 0.472. The molecular formula is C26H40ClN9O3. The summed E-state index contributed by atoms with van der Waals surface area (Å²) in [6.07, 6.45) is 5.43. The van der Waals surface area contributed by atoms with Gasteiger partial charge in [0.15, 0.2) is 0 Å². The number of likely N-dealkylation sites (tertiary alicyclic amines) is 1. The molecule has 2 fully saturated rings. The highest BCUT2D eigenvalue weighted by Crippen LogP contribution is 2.21. The molecule has 2 aromatic heterocycles. The van der Waals surface area contributed by atoms with Gasteiger partial charge in [-0.1, -0.05) is 0 Å². The van der Waals surface area contributed by atoms with Crippen LogP contribution >= 0.6 is 12.4 Å². The van der Waals surface area contributed by atoms with Crippen LogP contribution in [-0.4, -0.2) is 92.0 Å². The van der Waals surface area contributed by atoms with Gasteiger partial charge in [-0.3, -0.25) is 24.6 Å². The SMILES string of the molecule is CC(N)C1CCN(Cc2ccc(-n3ccc(NC(=O)N4CCN(C(=O)C(C)(C)N)CC4)nc3=O)cn2)CC1.Cl. The summed E-state index contributed by atoms with van der Waals surface area (Å²) in [5, 5.41) is 2.68. The Hall–Kier alpha value is -3.06. The highest BCUT2D eigenvalue weighted by Gasteiger charge is 2.31. The van der Waals surface area contributed by atoms with E-state index in [4.69, 9.17) is 11.5 Å². The number of nitrogens with two attached hydrogens (primary N) is 2. The fourth-order valence-corrected chi connectivity index (χ4v) is 4.90. The summed E-state index contributed by atoms with van der Waals surface area (Å²) in [5.74, 6) is 0.600. The van der Waals surface area contributed by atoms with Crippen LogP contribution in [-0.2, 0) is 11.3 Å². The van der Waals surface area contributed by atoms with Gasteiger partial charge < -0.3 is 21.3 Å². The number of halogens is 1. The Kier molecular flexibility index (Phi) is 10.1. The summed E-state index contributed by atoms with van der Waals surface area (Å²) >= 11 is 0. The Balaban J connectivity index is 0.00000420. The zero-order valence-electron chi connectivity index (χ0n) is 22.9. The molecule has 0 saturated carbocycles. The van der Waals surface area contributed by atoms with Crippen molar-refractivity contribution in [1.29, 1.82) is 0 Å². The standard InChI is InChI=1S/C26H39N9O3.ClH/c1-18(27)19-6-9-32(10-7-19)17-20-4-5-21(16-29-20)35-11-8-22(31-25(35)38)30-24(37)34-14-12-33(13-15-34)23(36)26(2,3)28;/h4-5,8,11,16,18-19H,6-7,9-10,12-15,17,27-28H2,1-3H3,(H,30,31,37,38);1H. The molecule has 2 aromatic rings. The van der Waals surface area contributed by atoms with Crippen LogP contribution in [0.2, 0.25) is 0 Å². The van der Waals surface area contributed by atoms with Crippen molar-refractivity contribution < 1.29 is 9.59 Å². The predicted molar refractivity (Wildman–Crippen MR) is 152 cm³/mol. The normalized spacial score (nSPS) is 17.9. The van der Waals surface area contributed by atoms with E-state index in [-0.39, 0.29) is 36.2 Å². The first-order valence-corrected chi connectivity index (χ1v) is 13.2. The topological polar surface area (TPSA) is 156 Å². The zero-order valence-corrected chi connectivity index (χ0v) is 23.7. The Bertz CT molecular complexity index is 1180. The Labute approximate surface area is 235 Å². The lowest BCUT2D eigenvalue weighted by molar-refractivity contribution is -0.137. The van der Waals surface area contributed by atoms with E-state index in [1.165, 1.54) is 4.57 Å². The second-order valence-corrected chi connectivity index (χ2v) is 10.9. The van der Waals surface area contributed by atoms with Gasteiger partial charge in [0, 0.05) is 45.0 Å². The van der Waals surface area contributed by atoms with Crippen molar-refractivity contribution in [2.75, 3.05) is 44.6 Å². The van der Waals surface area contributed by atoms with Crippen LogP contribution < -0.4 is 22.5 Å². The molecule has 214 valence electrons. The summed E-state index contributed by atoms with van der Waals surface area (Å²) in [6, 6.07) is 5.21. The first kappa shape index (κ1) is 30.5. The van der Waals surface area contributed by atoms with Gasteiger partial charge in [0.05, 0.1) is 23.1 Å². The zero-order chi connectivity index (χ0) is 27.4. The number of pyridine rings is 1. The van der Waals surface area contributed by atoms with E-state index >= 15 is 0 Å². The lowest BCUT2D eigenvalue weighted by Crippen LogP contribution is -2.58. The average Bonchev–Trinajstić information content (AvgIpc) is 2.89. The van der Waals surface area contributed by atoms with Crippen molar-refractivity contribution in [2.45, 2.75) is 51.7 Å². The van der Waals surface area contributed by atoms with Gasteiger partial charge in [0.2, 0.25) is 5.91 Å². The van der Waals surface area contributed by atoms with E-state index in [0.717, 1.165) is 38.2 Å². The summed E-state index contributed by atoms with van der Waals surface area (Å²) in [7, 11) is 0. The summed E-state index contributed by atoms with van der Waals surface area (Å²) < 4.78 is 1.39.